The molecular formula is C18H30N2O3S. The van der Waals surface area contributed by atoms with Gasteiger partial charge in [0, 0.05) is 25.6 Å². The molecular weight excluding hydrogens is 324 g/mol. The van der Waals surface area contributed by atoms with E-state index in [1.807, 2.05) is 6.92 Å². The monoisotopic (exact) mass is 354 g/mol. The Morgan fingerprint density at radius 2 is 2.29 bits per heavy atom. The predicted molar refractivity (Wildman–Crippen MR) is 96.3 cm³/mol. The van der Waals surface area contributed by atoms with E-state index in [-0.39, 0.29) is 5.97 Å². The second-order valence-electron chi connectivity index (χ2n) is 6.88. The van der Waals surface area contributed by atoms with E-state index in [1.54, 1.807) is 18.4 Å². The number of carbonyl (C=O) groups is 1. The number of nitrogens with zero attached hydrogens (tertiary/aromatic N) is 2. The molecule has 0 N–H and O–H groups in total. The number of hydrogen-bond acceptors (Lipinski definition) is 6. The Morgan fingerprint density at radius 3 is 2.92 bits per heavy atom. The van der Waals surface area contributed by atoms with Crippen molar-refractivity contribution in [2.75, 3.05) is 33.4 Å². The zero-order valence-corrected chi connectivity index (χ0v) is 16.2. The first-order chi connectivity index (χ1) is 11.5. The van der Waals surface area contributed by atoms with E-state index in [2.05, 4.69) is 24.1 Å². The van der Waals surface area contributed by atoms with Crippen LogP contribution in [0, 0.1) is 5.41 Å². The van der Waals surface area contributed by atoms with Crippen LogP contribution >= 0.6 is 11.3 Å². The highest BCUT2D eigenvalue weighted by molar-refractivity contribution is 7.09. The van der Waals surface area contributed by atoms with Crippen LogP contribution in [0.4, 0.5) is 0 Å². The van der Waals surface area contributed by atoms with Gasteiger partial charge in [0.2, 0.25) is 0 Å². The largest absolute Gasteiger partial charge is 0.466 e. The lowest BCUT2D eigenvalue weighted by molar-refractivity contribution is -0.160. The maximum Gasteiger partial charge on any atom is 0.313 e. The number of methoxy groups -OCH3 is 1. The van der Waals surface area contributed by atoms with Crippen molar-refractivity contribution >= 4 is 17.3 Å². The van der Waals surface area contributed by atoms with Crippen molar-refractivity contribution in [2.45, 2.75) is 52.5 Å². The second-order valence-corrected chi connectivity index (χ2v) is 7.82. The van der Waals surface area contributed by atoms with Crippen LogP contribution in [-0.2, 0) is 20.8 Å². The summed E-state index contributed by atoms with van der Waals surface area (Å²) >= 11 is 1.71. The number of rotatable bonds is 8. The van der Waals surface area contributed by atoms with Crippen molar-refractivity contribution in [1.82, 2.24) is 9.88 Å². The fourth-order valence-corrected chi connectivity index (χ4v) is 4.27. The van der Waals surface area contributed by atoms with E-state index < -0.39 is 5.41 Å². The summed E-state index contributed by atoms with van der Waals surface area (Å²) in [5.41, 5.74) is 0.714. The fraction of sp³-hybridized carbons (Fsp3) is 0.778. The molecule has 1 fully saturated rings. The molecule has 1 aromatic rings. The van der Waals surface area contributed by atoms with E-state index >= 15 is 0 Å². The van der Waals surface area contributed by atoms with E-state index in [4.69, 9.17) is 14.5 Å². The smallest absolute Gasteiger partial charge is 0.313 e. The van der Waals surface area contributed by atoms with Crippen molar-refractivity contribution in [3.05, 3.63) is 16.1 Å². The molecule has 2 heterocycles. The van der Waals surface area contributed by atoms with Crippen LogP contribution in [0.25, 0.3) is 0 Å². The molecule has 1 atom stereocenters. The van der Waals surface area contributed by atoms with Gasteiger partial charge in [-0.05, 0) is 38.6 Å². The first kappa shape index (κ1) is 19.3. The van der Waals surface area contributed by atoms with Crippen LogP contribution in [0.3, 0.4) is 0 Å². The molecule has 2 rings (SSSR count). The molecule has 0 unspecified atom stereocenters. The molecule has 6 heteroatoms. The Balaban J connectivity index is 2.07. The molecule has 0 bridgehead atoms. The minimum atomic E-state index is -0.442. The second kappa shape index (κ2) is 8.92. The molecule has 1 aliphatic heterocycles. The van der Waals surface area contributed by atoms with Gasteiger partial charge >= 0.3 is 5.97 Å². The van der Waals surface area contributed by atoms with E-state index in [1.165, 1.54) is 0 Å². The molecule has 0 saturated carbocycles. The summed E-state index contributed by atoms with van der Waals surface area (Å²) in [4.78, 5) is 19.7. The highest BCUT2D eigenvalue weighted by Gasteiger charge is 2.43. The normalized spacial score (nSPS) is 22.0. The van der Waals surface area contributed by atoms with E-state index in [0.717, 1.165) is 43.2 Å². The molecule has 1 aromatic heterocycles. The van der Waals surface area contributed by atoms with Gasteiger partial charge in [-0.3, -0.25) is 9.69 Å². The molecule has 0 spiro atoms. The standard InChI is InChI=1S/C18H30N2O3S/c1-5-23-17(21)18(8-10-22-4)7-6-9-20(13-18)11-16-19-15(12-24-16)14(2)3/h12,14H,5-11,13H2,1-4H3/t18-/m1/s1. The molecule has 0 aromatic carbocycles. The van der Waals surface area contributed by atoms with Crippen LogP contribution < -0.4 is 0 Å². The van der Waals surface area contributed by atoms with Crippen LogP contribution in [0.15, 0.2) is 5.38 Å². The molecule has 5 nitrogen and oxygen atoms in total. The maximum absolute atomic E-state index is 12.6. The first-order valence-electron chi connectivity index (χ1n) is 8.83. The van der Waals surface area contributed by atoms with Gasteiger partial charge in [-0.15, -0.1) is 11.3 Å². The Labute approximate surface area is 149 Å². The Bertz CT molecular complexity index is 532. The van der Waals surface area contributed by atoms with Gasteiger partial charge in [0.1, 0.15) is 5.01 Å². The number of hydrogen-bond donors (Lipinski definition) is 0. The minimum absolute atomic E-state index is 0.0752. The van der Waals surface area contributed by atoms with Crippen molar-refractivity contribution in [2.24, 2.45) is 5.41 Å². The van der Waals surface area contributed by atoms with Gasteiger partial charge in [0.05, 0.1) is 24.3 Å². The van der Waals surface area contributed by atoms with E-state index in [0.29, 0.717) is 25.6 Å². The molecule has 0 radical (unpaired) electrons. The third-order valence-electron chi connectivity index (χ3n) is 4.67. The number of aromatic nitrogens is 1. The van der Waals surface area contributed by atoms with Crippen LogP contribution in [-0.4, -0.2) is 49.3 Å². The van der Waals surface area contributed by atoms with Crippen LogP contribution in [0.2, 0.25) is 0 Å². The average Bonchev–Trinajstić information content (AvgIpc) is 3.02. The average molecular weight is 355 g/mol. The quantitative estimate of drug-likeness (QED) is 0.669. The maximum atomic E-state index is 12.6. The predicted octanol–water partition coefficient (Wildman–Crippen LogP) is 3.45. The van der Waals surface area contributed by atoms with Crippen molar-refractivity contribution < 1.29 is 14.3 Å². The van der Waals surface area contributed by atoms with Gasteiger partial charge in [0.15, 0.2) is 0 Å². The summed E-state index contributed by atoms with van der Waals surface area (Å²) in [6.07, 6.45) is 2.60. The van der Waals surface area contributed by atoms with Gasteiger partial charge in [-0.25, -0.2) is 4.98 Å². The molecule has 0 amide bonds. The fourth-order valence-electron chi connectivity index (χ4n) is 3.27. The lowest BCUT2D eigenvalue weighted by Crippen LogP contribution is -2.48. The highest BCUT2D eigenvalue weighted by Crippen LogP contribution is 2.36. The van der Waals surface area contributed by atoms with Crippen LogP contribution in [0.5, 0.6) is 0 Å². The summed E-state index contributed by atoms with van der Waals surface area (Å²) in [5, 5.41) is 3.28. The SMILES string of the molecule is CCOC(=O)[C@@]1(CCOC)CCCN(Cc2nc(C(C)C)cs2)C1. The summed E-state index contributed by atoms with van der Waals surface area (Å²) in [5.74, 6) is 0.380. The summed E-state index contributed by atoms with van der Waals surface area (Å²) in [6, 6.07) is 0. The van der Waals surface area contributed by atoms with Gasteiger partial charge in [-0.1, -0.05) is 13.8 Å². The molecule has 24 heavy (non-hydrogen) atoms. The Hall–Kier alpha value is -0.980. The Kier molecular flexibility index (Phi) is 7.19. The number of ether oxygens (including phenoxy) is 2. The highest BCUT2D eigenvalue weighted by atomic mass is 32.1. The molecule has 136 valence electrons. The zero-order valence-electron chi connectivity index (χ0n) is 15.3. The minimum Gasteiger partial charge on any atom is -0.466 e. The third-order valence-corrected chi connectivity index (χ3v) is 5.52. The lowest BCUT2D eigenvalue weighted by atomic mass is 9.77. The third kappa shape index (κ3) is 4.77. The van der Waals surface area contributed by atoms with Gasteiger partial charge < -0.3 is 9.47 Å². The summed E-state index contributed by atoms with van der Waals surface area (Å²) < 4.78 is 10.6. The summed E-state index contributed by atoms with van der Waals surface area (Å²) in [6.45, 7) is 9.75. The number of carbonyl (C=O) groups excluding carboxylic acids is 1. The van der Waals surface area contributed by atoms with Crippen molar-refractivity contribution in [3.63, 3.8) is 0 Å². The Morgan fingerprint density at radius 1 is 1.50 bits per heavy atom. The number of likely N-dealkylation sites (tertiary alicyclic amines) is 1. The summed E-state index contributed by atoms with van der Waals surface area (Å²) in [7, 11) is 1.68. The molecule has 1 saturated heterocycles. The van der Waals surface area contributed by atoms with Crippen molar-refractivity contribution in [1.29, 1.82) is 0 Å². The van der Waals surface area contributed by atoms with Crippen LogP contribution in [0.1, 0.15) is 56.7 Å². The van der Waals surface area contributed by atoms with Gasteiger partial charge in [0.25, 0.3) is 0 Å². The van der Waals surface area contributed by atoms with Crippen molar-refractivity contribution in [3.8, 4) is 0 Å². The number of piperidine rings is 1. The molecule has 1 aliphatic rings. The lowest BCUT2D eigenvalue weighted by Gasteiger charge is -2.40. The zero-order chi connectivity index (χ0) is 17.6. The first-order valence-corrected chi connectivity index (χ1v) is 9.71. The number of esters is 1. The molecule has 0 aliphatic carbocycles. The van der Waals surface area contributed by atoms with Gasteiger partial charge in [-0.2, -0.15) is 0 Å². The number of thiazole rings is 1. The topological polar surface area (TPSA) is 51.7 Å². The van der Waals surface area contributed by atoms with E-state index in [9.17, 15) is 4.79 Å².